The minimum Gasteiger partial charge on any atom is -0.506 e. The van der Waals surface area contributed by atoms with Gasteiger partial charge in [-0.25, -0.2) is 9.79 Å². The number of hydrogen-bond donors (Lipinski definition) is 1. The van der Waals surface area contributed by atoms with Crippen LogP contribution in [0.4, 0.5) is 0 Å². The van der Waals surface area contributed by atoms with Gasteiger partial charge < -0.3 is 19.3 Å². The Hall–Kier alpha value is -3.67. The quantitative estimate of drug-likeness (QED) is 0.422. The zero-order valence-corrected chi connectivity index (χ0v) is 19.9. The van der Waals surface area contributed by atoms with E-state index in [1.165, 1.54) is 13.2 Å². The summed E-state index contributed by atoms with van der Waals surface area (Å²) in [6, 6.07) is 11.5. The maximum Gasteiger partial charge on any atom is 0.344 e. The zero-order valence-electron chi connectivity index (χ0n) is 18.3. The van der Waals surface area contributed by atoms with Crippen molar-refractivity contribution in [3.05, 3.63) is 74.9 Å². The van der Waals surface area contributed by atoms with Crippen LogP contribution in [0.25, 0.3) is 6.08 Å². The molecule has 7 nitrogen and oxygen atoms in total. The van der Waals surface area contributed by atoms with Gasteiger partial charge in [0.1, 0.15) is 23.0 Å². The van der Waals surface area contributed by atoms with Crippen molar-refractivity contribution in [3.8, 4) is 23.8 Å². The van der Waals surface area contributed by atoms with Gasteiger partial charge in [0.2, 0.25) is 0 Å². The second-order valence-corrected chi connectivity index (χ2v) is 8.10. The molecular weight excluding hydrogens is 478 g/mol. The van der Waals surface area contributed by atoms with Gasteiger partial charge in [0, 0.05) is 0 Å². The van der Waals surface area contributed by atoms with Gasteiger partial charge in [-0.05, 0) is 42.8 Å². The first-order chi connectivity index (χ1) is 16.4. The van der Waals surface area contributed by atoms with Crippen LogP contribution in [-0.2, 0) is 9.53 Å². The lowest BCUT2D eigenvalue weighted by atomic mass is 10.1. The highest BCUT2D eigenvalue weighted by Gasteiger charge is 2.34. The van der Waals surface area contributed by atoms with Gasteiger partial charge in [0.15, 0.2) is 11.5 Å². The number of benzene rings is 2. The number of aliphatic imine (C=N–C) groups is 1. The molecule has 1 aliphatic heterocycles. The lowest BCUT2D eigenvalue weighted by Crippen LogP contribution is -2.14. The van der Waals surface area contributed by atoms with Gasteiger partial charge in [-0.1, -0.05) is 47.5 Å². The summed E-state index contributed by atoms with van der Waals surface area (Å²) >= 11 is 7.06. The highest BCUT2D eigenvalue weighted by molar-refractivity contribution is 8.18. The molecule has 0 unspecified atom stereocenters. The molecule has 1 N–H and O–H groups in total. The summed E-state index contributed by atoms with van der Waals surface area (Å²) < 4.78 is 15.8. The molecular formula is C25H20ClNO6S. The topological polar surface area (TPSA) is 94.4 Å². The fourth-order valence-electron chi connectivity index (χ4n) is 2.94. The van der Waals surface area contributed by atoms with E-state index in [1.54, 1.807) is 49.4 Å². The van der Waals surface area contributed by atoms with E-state index in [-0.39, 0.29) is 40.2 Å². The normalized spacial score (nSPS) is 15.4. The van der Waals surface area contributed by atoms with Crippen LogP contribution in [-0.4, -0.2) is 42.4 Å². The van der Waals surface area contributed by atoms with E-state index in [2.05, 4.69) is 10.9 Å². The molecule has 0 spiro atoms. The Kier molecular flexibility index (Phi) is 8.41. The largest absolute Gasteiger partial charge is 0.506 e. The lowest BCUT2D eigenvalue weighted by molar-refractivity contribution is -0.138. The number of rotatable bonds is 7. The molecule has 1 aliphatic rings. The van der Waals surface area contributed by atoms with Crippen molar-refractivity contribution in [1.29, 1.82) is 0 Å². The van der Waals surface area contributed by atoms with Gasteiger partial charge in [-0.2, -0.15) is 0 Å². The molecule has 0 atom stereocenters. The molecule has 174 valence electrons. The van der Waals surface area contributed by atoms with Crippen molar-refractivity contribution in [2.75, 3.05) is 20.3 Å². The van der Waals surface area contributed by atoms with E-state index in [9.17, 15) is 14.7 Å². The third kappa shape index (κ3) is 5.63. The first-order valence-electron chi connectivity index (χ1n) is 10.0. The average Bonchev–Trinajstić information content (AvgIpc) is 3.12. The Labute approximate surface area is 206 Å². The summed E-state index contributed by atoms with van der Waals surface area (Å²) in [6.07, 6.45) is 6.85. The van der Waals surface area contributed by atoms with Crippen LogP contribution in [0.1, 0.15) is 22.8 Å². The third-order valence-electron chi connectivity index (χ3n) is 4.47. The molecule has 2 aromatic rings. The second kappa shape index (κ2) is 11.5. The molecule has 0 aliphatic carbocycles. The van der Waals surface area contributed by atoms with E-state index in [0.29, 0.717) is 22.0 Å². The molecule has 3 rings (SSSR count). The van der Waals surface area contributed by atoms with E-state index in [4.69, 9.17) is 32.2 Å². The number of hydrogen-bond acceptors (Lipinski definition) is 7. The van der Waals surface area contributed by atoms with Crippen LogP contribution < -0.4 is 9.47 Å². The number of esters is 1. The van der Waals surface area contributed by atoms with Gasteiger partial charge >= 0.3 is 5.97 Å². The number of nitrogens with zero attached hydrogens (tertiary/aromatic N) is 1. The third-order valence-corrected chi connectivity index (χ3v) is 5.82. The van der Waals surface area contributed by atoms with Crippen molar-refractivity contribution in [2.45, 2.75) is 6.92 Å². The second-order valence-electron chi connectivity index (χ2n) is 6.66. The van der Waals surface area contributed by atoms with Gasteiger partial charge in [-0.15, -0.1) is 6.42 Å². The number of halogens is 1. The number of aliphatic hydroxyl groups excluding tert-OH is 1. The summed E-state index contributed by atoms with van der Waals surface area (Å²) in [5.74, 6) is 1.48. The number of ether oxygens (including phenoxy) is 3. The van der Waals surface area contributed by atoms with Crippen molar-refractivity contribution in [3.63, 3.8) is 0 Å². The summed E-state index contributed by atoms with van der Waals surface area (Å²) in [5.41, 5.74) is 0.616. The van der Waals surface area contributed by atoms with Crippen LogP contribution >= 0.6 is 23.4 Å². The Morgan fingerprint density at radius 3 is 2.68 bits per heavy atom. The van der Waals surface area contributed by atoms with Crippen LogP contribution in [0.5, 0.6) is 11.5 Å². The molecule has 0 fully saturated rings. The predicted molar refractivity (Wildman–Crippen MR) is 132 cm³/mol. The van der Waals surface area contributed by atoms with Gasteiger partial charge in [0.05, 0.1) is 29.2 Å². The minimum atomic E-state index is -0.794. The molecule has 9 heteroatoms. The molecule has 1 amide bonds. The van der Waals surface area contributed by atoms with E-state index in [0.717, 1.165) is 11.8 Å². The molecule has 0 aromatic heterocycles. The predicted octanol–water partition coefficient (Wildman–Crippen LogP) is 5.06. The van der Waals surface area contributed by atoms with Crippen molar-refractivity contribution in [1.82, 2.24) is 0 Å². The maximum absolute atomic E-state index is 12.7. The zero-order chi connectivity index (χ0) is 24.7. The van der Waals surface area contributed by atoms with Gasteiger partial charge in [-0.3, -0.25) is 4.79 Å². The van der Waals surface area contributed by atoms with E-state index >= 15 is 0 Å². The monoisotopic (exact) mass is 497 g/mol. The Morgan fingerprint density at radius 2 is 2.00 bits per heavy atom. The molecule has 0 saturated heterocycles. The molecule has 0 saturated carbocycles. The van der Waals surface area contributed by atoms with E-state index < -0.39 is 11.9 Å². The molecule has 0 radical (unpaired) electrons. The molecule has 1 heterocycles. The molecule has 2 aromatic carbocycles. The molecule has 34 heavy (non-hydrogen) atoms. The number of methoxy groups -OCH3 is 1. The standard InChI is InChI=1S/C25H20ClNO6S/c1-4-12-33-18-11-10-15(13-19(18)31-3)14-20-22(28)21(25(30)32-5-2)24(34-20)27-23(29)16-8-6-7-9-17(16)26/h1,6-11,13-14,28H,5,12H2,2-3H3/b20-14-,27-24?. The number of thioether (sulfide) groups is 1. The summed E-state index contributed by atoms with van der Waals surface area (Å²) in [7, 11) is 1.49. The van der Waals surface area contributed by atoms with Gasteiger partial charge in [0.25, 0.3) is 5.91 Å². The van der Waals surface area contributed by atoms with Crippen molar-refractivity contribution >= 4 is 46.4 Å². The van der Waals surface area contributed by atoms with E-state index in [1.807, 2.05) is 0 Å². The highest BCUT2D eigenvalue weighted by Crippen LogP contribution is 2.40. The van der Waals surface area contributed by atoms with Crippen LogP contribution in [0.2, 0.25) is 5.02 Å². The SMILES string of the molecule is C#CCOc1ccc(/C=C2\SC(=NC(=O)c3ccccc3Cl)C(C(=O)OCC)=C2O)cc1OC. The lowest BCUT2D eigenvalue weighted by Gasteiger charge is -2.09. The number of aliphatic hydroxyl groups is 1. The Balaban J connectivity index is 2.01. The minimum absolute atomic E-state index is 0.00746. The van der Waals surface area contributed by atoms with Crippen LogP contribution in [0.15, 0.2) is 63.7 Å². The number of amides is 1. The van der Waals surface area contributed by atoms with Crippen LogP contribution in [0.3, 0.4) is 0 Å². The summed E-state index contributed by atoms with van der Waals surface area (Å²) in [5, 5.41) is 11.0. The Morgan fingerprint density at radius 1 is 1.24 bits per heavy atom. The first-order valence-corrected chi connectivity index (χ1v) is 11.2. The van der Waals surface area contributed by atoms with Crippen molar-refractivity contribution in [2.24, 2.45) is 4.99 Å². The average molecular weight is 498 g/mol. The number of carbonyl (C=O) groups is 2. The summed E-state index contributed by atoms with van der Waals surface area (Å²) in [6.45, 7) is 1.80. The Bertz CT molecular complexity index is 1260. The summed E-state index contributed by atoms with van der Waals surface area (Å²) in [4.78, 5) is 29.6. The fourth-order valence-corrected chi connectivity index (χ4v) is 4.17. The first kappa shape index (κ1) is 25.0. The van der Waals surface area contributed by atoms with Crippen molar-refractivity contribution < 1.29 is 28.9 Å². The smallest absolute Gasteiger partial charge is 0.344 e. The fraction of sp³-hybridized carbons (Fsp3) is 0.160. The number of carbonyl (C=O) groups excluding carboxylic acids is 2. The van der Waals surface area contributed by atoms with Crippen LogP contribution in [0, 0.1) is 12.3 Å². The number of terminal acetylenes is 1. The maximum atomic E-state index is 12.7. The highest BCUT2D eigenvalue weighted by atomic mass is 35.5. The molecule has 0 bridgehead atoms.